The van der Waals surface area contributed by atoms with E-state index in [-0.39, 0.29) is 0 Å². The normalized spacial score (nSPS) is 10.8. The molecule has 0 amide bonds. The fraction of sp³-hybridized carbons (Fsp3) is 0.0500. The first-order valence-electron chi connectivity index (χ1n) is 13.9. The summed E-state index contributed by atoms with van der Waals surface area (Å²) < 4.78 is 0. The number of hydrogen-bond donors (Lipinski definition) is 0. The minimum atomic E-state index is 1.21. The zero-order valence-corrected chi connectivity index (χ0v) is 23.0. The van der Waals surface area contributed by atoms with Gasteiger partial charge in [0, 0.05) is 0 Å². The van der Waals surface area contributed by atoms with Crippen LogP contribution in [0.15, 0.2) is 158 Å². The van der Waals surface area contributed by atoms with Crippen LogP contribution in [0, 0.1) is 25.7 Å². The van der Waals surface area contributed by atoms with E-state index in [1.807, 2.05) is 0 Å². The van der Waals surface area contributed by atoms with Crippen LogP contribution in [0.1, 0.15) is 44.5 Å². The maximum Gasteiger partial charge on any atom is 0.0676 e. The summed E-state index contributed by atoms with van der Waals surface area (Å²) in [6.45, 7) is 4.49. The second kappa shape index (κ2) is 11.4. The van der Waals surface area contributed by atoms with Gasteiger partial charge in [-0.05, 0) is 158 Å². The summed E-state index contributed by atoms with van der Waals surface area (Å²) >= 11 is 0. The monoisotopic (exact) mass is 512 g/mol. The van der Waals surface area contributed by atoms with Crippen LogP contribution in [0.5, 0.6) is 0 Å². The molecule has 0 unspecified atom stereocenters. The van der Waals surface area contributed by atoms with Crippen molar-refractivity contribution in [2.45, 2.75) is 13.8 Å². The molecule has 6 aromatic carbocycles. The average molecular weight is 513 g/mol. The molecule has 0 heterocycles. The SMILES string of the molecule is Cc1cccc([C+](c2ccccc2)c2ccccc2)c1-c1c(C)cccc1[C+](c1ccccc1)c1ccccc1. The molecule has 0 saturated carbocycles. The predicted octanol–water partition coefficient (Wildman–Crippen LogP) is 10.0. The first-order valence-corrected chi connectivity index (χ1v) is 13.9. The van der Waals surface area contributed by atoms with E-state index in [1.54, 1.807) is 0 Å². The van der Waals surface area contributed by atoms with Gasteiger partial charge in [-0.3, -0.25) is 0 Å². The van der Waals surface area contributed by atoms with Gasteiger partial charge in [-0.25, -0.2) is 0 Å². The minimum absolute atomic E-state index is 1.21. The molecule has 6 rings (SSSR count). The second-order valence-corrected chi connectivity index (χ2v) is 10.2. The molecule has 0 bridgehead atoms. The van der Waals surface area contributed by atoms with Gasteiger partial charge in [-0.15, -0.1) is 0 Å². The maximum absolute atomic E-state index is 2.29. The van der Waals surface area contributed by atoms with Gasteiger partial charge in [0.25, 0.3) is 0 Å². The molecule has 0 heteroatoms. The Balaban J connectivity index is 1.65. The lowest BCUT2D eigenvalue weighted by Crippen LogP contribution is -2.11. The van der Waals surface area contributed by atoms with E-state index in [0.717, 1.165) is 0 Å². The zero-order valence-electron chi connectivity index (χ0n) is 23.0. The molecule has 0 aliphatic heterocycles. The highest BCUT2D eigenvalue weighted by Crippen LogP contribution is 2.44. The largest absolute Gasteiger partial charge is 0.0676 e. The number of benzene rings is 6. The van der Waals surface area contributed by atoms with Crippen LogP contribution in [0.3, 0.4) is 0 Å². The Morgan fingerprint density at radius 2 is 0.575 bits per heavy atom. The van der Waals surface area contributed by atoms with Crippen LogP contribution in [0.2, 0.25) is 0 Å². The fourth-order valence-electron chi connectivity index (χ4n) is 5.79. The van der Waals surface area contributed by atoms with Crippen molar-refractivity contribution in [1.82, 2.24) is 0 Å². The zero-order chi connectivity index (χ0) is 27.3. The van der Waals surface area contributed by atoms with Crippen molar-refractivity contribution in [1.29, 1.82) is 0 Å². The van der Waals surface area contributed by atoms with E-state index in [2.05, 4.69) is 172 Å². The molecule has 0 fully saturated rings. The summed E-state index contributed by atoms with van der Waals surface area (Å²) in [7, 11) is 0. The van der Waals surface area contributed by atoms with E-state index in [0.29, 0.717) is 0 Å². The van der Waals surface area contributed by atoms with Crippen molar-refractivity contribution < 1.29 is 0 Å². The van der Waals surface area contributed by atoms with Crippen molar-refractivity contribution >= 4 is 0 Å². The van der Waals surface area contributed by atoms with Crippen LogP contribution >= 0.6 is 0 Å². The molecular weight excluding hydrogens is 480 g/mol. The van der Waals surface area contributed by atoms with Gasteiger partial charge in [0.15, 0.2) is 0 Å². The molecule has 190 valence electrons. The van der Waals surface area contributed by atoms with Crippen LogP contribution in [-0.2, 0) is 0 Å². The number of rotatable bonds is 7. The average Bonchev–Trinajstić information content (AvgIpc) is 3.01. The first kappa shape index (κ1) is 25.3. The molecular formula is C40H32+2. The molecule has 0 atom stereocenters. The van der Waals surface area contributed by atoms with Crippen molar-refractivity contribution in [2.24, 2.45) is 0 Å². The van der Waals surface area contributed by atoms with Crippen molar-refractivity contribution in [3.63, 3.8) is 0 Å². The Kier molecular flexibility index (Phi) is 7.24. The van der Waals surface area contributed by atoms with Crippen LogP contribution in [-0.4, -0.2) is 0 Å². The Hall–Kier alpha value is -4.94. The maximum atomic E-state index is 2.29. The molecule has 0 spiro atoms. The summed E-state index contributed by atoms with van der Waals surface area (Å²) in [6, 6.07) is 56.6. The highest BCUT2D eigenvalue weighted by molar-refractivity contribution is 5.84. The first-order chi connectivity index (χ1) is 19.7. The third kappa shape index (κ3) is 4.93. The van der Waals surface area contributed by atoms with Crippen LogP contribution in [0.4, 0.5) is 0 Å². The lowest BCUT2D eigenvalue weighted by atomic mass is 9.75. The van der Waals surface area contributed by atoms with E-state index < -0.39 is 0 Å². The van der Waals surface area contributed by atoms with Crippen molar-refractivity contribution in [3.8, 4) is 11.1 Å². The Morgan fingerprint density at radius 1 is 0.300 bits per heavy atom. The Labute approximate surface area is 238 Å². The van der Waals surface area contributed by atoms with Gasteiger partial charge in [-0.2, -0.15) is 0 Å². The summed E-state index contributed by atoms with van der Waals surface area (Å²) in [4.78, 5) is 0. The molecule has 40 heavy (non-hydrogen) atoms. The van der Waals surface area contributed by atoms with Gasteiger partial charge in [-0.1, -0.05) is 24.3 Å². The molecule has 0 saturated heterocycles. The molecule has 0 nitrogen and oxygen atoms in total. The standard InChI is InChI=1S/C40H32/c1-29-17-15-27-35(39(31-19-7-3-8-20-31)32-21-9-4-10-22-32)37(29)38-30(2)18-16-28-36(38)40(33-23-11-5-12-24-33)34-25-13-6-14-26-34/h3-28H,1-2H3/q+2. The summed E-state index contributed by atoms with van der Waals surface area (Å²) in [5.74, 6) is 2.49. The van der Waals surface area contributed by atoms with E-state index in [4.69, 9.17) is 0 Å². The lowest BCUT2D eigenvalue weighted by Gasteiger charge is -2.22. The van der Waals surface area contributed by atoms with Crippen LogP contribution < -0.4 is 0 Å². The fourth-order valence-corrected chi connectivity index (χ4v) is 5.79. The Bertz CT molecular complexity index is 1470. The van der Waals surface area contributed by atoms with Gasteiger partial charge in [0.2, 0.25) is 0 Å². The number of hydrogen-bond acceptors (Lipinski definition) is 0. The lowest BCUT2D eigenvalue weighted by molar-refractivity contribution is 1.19. The third-order valence-electron chi connectivity index (χ3n) is 7.58. The second-order valence-electron chi connectivity index (χ2n) is 10.2. The smallest absolute Gasteiger partial charge is 0.0511 e. The molecule has 6 aromatic rings. The summed E-state index contributed by atoms with van der Waals surface area (Å²) in [6.07, 6.45) is 0. The topological polar surface area (TPSA) is 0 Å². The summed E-state index contributed by atoms with van der Waals surface area (Å²) in [5, 5.41) is 0. The van der Waals surface area contributed by atoms with Crippen molar-refractivity contribution in [3.05, 3.63) is 214 Å². The molecule has 0 aliphatic rings. The third-order valence-corrected chi connectivity index (χ3v) is 7.58. The molecule has 0 aliphatic carbocycles. The van der Waals surface area contributed by atoms with E-state index in [1.165, 1.54) is 67.5 Å². The Morgan fingerprint density at radius 3 is 0.850 bits per heavy atom. The van der Waals surface area contributed by atoms with Gasteiger partial charge in [0.1, 0.15) is 0 Å². The van der Waals surface area contributed by atoms with Gasteiger partial charge >= 0.3 is 0 Å². The van der Waals surface area contributed by atoms with Crippen LogP contribution in [0.25, 0.3) is 11.1 Å². The van der Waals surface area contributed by atoms with Gasteiger partial charge < -0.3 is 0 Å². The highest BCUT2D eigenvalue weighted by atomic mass is 14.3. The predicted molar refractivity (Wildman–Crippen MR) is 168 cm³/mol. The van der Waals surface area contributed by atoms with Gasteiger partial charge in [0.05, 0.1) is 56.3 Å². The molecule has 0 N–H and O–H groups in total. The highest BCUT2D eigenvalue weighted by Gasteiger charge is 2.33. The number of aryl methyl sites for hydroxylation is 2. The summed E-state index contributed by atoms with van der Waals surface area (Å²) in [5.41, 5.74) is 12.4. The van der Waals surface area contributed by atoms with Crippen molar-refractivity contribution in [2.75, 3.05) is 0 Å². The van der Waals surface area contributed by atoms with E-state index in [9.17, 15) is 0 Å². The molecule has 0 aromatic heterocycles. The quantitative estimate of drug-likeness (QED) is 0.147. The molecule has 0 radical (unpaired) electrons. The van der Waals surface area contributed by atoms with E-state index >= 15 is 0 Å². The minimum Gasteiger partial charge on any atom is -0.0511 e.